The molecule has 22 heavy (non-hydrogen) atoms. The van der Waals surface area contributed by atoms with Crippen molar-refractivity contribution in [3.8, 4) is 0 Å². The van der Waals surface area contributed by atoms with E-state index >= 15 is 0 Å². The van der Waals surface area contributed by atoms with E-state index in [1.54, 1.807) is 28.4 Å². The first-order valence-electron chi connectivity index (χ1n) is 7.06. The number of aromatic nitrogens is 3. The molecular weight excluding hydrogens is 302 g/mol. The maximum absolute atomic E-state index is 12.3. The van der Waals surface area contributed by atoms with Crippen molar-refractivity contribution in [2.45, 2.75) is 25.8 Å². The molecular formula is C14H17N5O2S. The normalized spacial score (nSPS) is 17.9. The first kappa shape index (κ1) is 14.7. The number of nitrogens with zero attached hydrogens (tertiary/aromatic N) is 4. The molecule has 2 aromatic rings. The van der Waals surface area contributed by atoms with Crippen LogP contribution in [0.1, 0.15) is 32.7 Å². The van der Waals surface area contributed by atoms with E-state index in [1.807, 2.05) is 11.8 Å². The van der Waals surface area contributed by atoms with E-state index in [4.69, 9.17) is 5.73 Å². The molecule has 1 saturated heterocycles. The Labute approximate surface area is 131 Å². The van der Waals surface area contributed by atoms with Crippen LogP contribution in [0.2, 0.25) is 0 Å². The second kappa shape index (κ2) is 5.88. The van der Waals surface area contributed by atoms with Crippen molar-refractivity contribution in [3.63, 3.8) is 0 Å². The zero-order valence-corrected chi connectivity index (χ0v) is 13.0. The molecule has 1 aliphatic heterocycles. The first-order valence-corrected chi connectivity index (χ1v) is 7.87. The predicted octanol–water partition coefficient (Wildman–Crippen LogP) is 0.763. The van der Waals surface area contributed by atoms with Crippen LogP contribution in [-0.4, -0.2) is 44.6 Å². The van der Waals surface area contributed by atoms with Gasteiger partial charge in [0.05, 0.1) is 29.2 Å². The number of aryl methyl sites for hydroxylation is 1. The summed E-state index contributed by atoms with van der Waals surface area (Å²) in [6.07, 6.45) is 6.09. The monoisotopic (exact) mass is 319 g/mol. The van der Waals surface area contributed by atoms with Gasteiger partial charge in [-0.1, -0.05) is 0 Å². The van der Waals surface area contributed by atoms with E-state index in [2.05, 4.69) is 10.1 Å². The van der Waals surface area contributed by atoms with Gasteiger partial charge in [-0.3, -0.25) is 14.3 Å². The molecule has 0 aliphatic carbocycles. The van der Waals surface area contributed by atoms with Crippen LogP contribution in [-0.2, 0) is 11.2 Å². The Balaban J connectivity index is 1.61. The molecule has 1 atom stereocenters. The van der Waals surface area contributed by atoms with Gasteiger partial charge in [-0.15, -0.1) is 11.3 Å². The number of thiazole rings is 1. The van der Waals surface area contributed by atoms with Crippen LogP contribution in [0.4, 0.5) is 0 Å². The zero-order valence-electron chi connectivity index (χ0n) is 12.2. The van der Waals surface area contributed by atoms with Gasteiger partial charge in [0.25, 0.3) is 5.91 Å². The molecule has 1 aliphatic rings. The molecule has 2 N–H and O–H groups in total. The summed E-state index contributed by atoms with van der Waals surface area (Å²) in [5.41, 5.74) is 5.62. The average molecular weight is 319 g/mol. The smallest absolute Gasteiger partial charge is 0.251 e. The summed E-state index contributed by atoms with van der Waals surface area (Å²) < 4.78 is 1.73. The summed E-state index contributed by atoms with van der Waals surface area (Å²) in [7, 11) is 0. The van der Waals surface area contributed by atoms with E-state index in [9.17, 15) is 9.59 Å². The van der Waals surface area contributed by atoms with Crippen molar-refractivity contribution in [1.82, 2.24) is 19.7 Å². The van der Waals surface area contributed by atoms with Gasteiger partial charge < -0.3 is 10.6 Å². The standard InChI is InChI=1S/C14H17N5O2S/c1-9-16-6-12(22-9)4-13(20)18-3-2-11(8-18)19-7-10(5-17-19)14(15)21/h5-7,11H,2-4,8H2,1H3,(H2,15,21). The number of rotatable bonds is 4. The van der Waals surface area contributed by atoms with Gasteiger partial charge in [-0.25, -0.2) is 4.98 Å². The minimum Gasteiger partial charge on any atom is -0.366 e. The van der Waals surface area contributed by atoms with E-state index in [0.717, 1.165) is 16.3 Å². The molecule has 3 heterocycles. The third kappa shape index (κ3) is 3.01. The molecule has 2 aromatic heterocycles. The molecule has 2 amide bonds. The van der Waals surface area contributed by atoms with Crippen molar-refractivity contribution < 1.29 is 9.59 Å². The summed E-state index contributed by atoms with van der Waals surface area (Å²) in [4.78, 5) is 30.4. The Morgan fingerprint density at radius 1 is 1.45 bits per heavy atom. The number of primary amides is 1. The molecule has 3 rings (SSSR count). The fourth-order valence-corrected chi connectivity index (χ4v) is 3.38. The Hall–Kier alpha value is -2.22. The predicted molar refractivity (Wildman–Crippen MR) is 81.5 cm³/mol. The van der Waals surface area contributed by atoms with E-state index in [1.165, 1.54) is 6.20 Å². The largest absolute Gasteiger partial charge is 0.366 e. The van der Waals surface area contributed by atoms with Crippen LogP contribution in [0.25, 0.3) is 0 Å². The lowest BCUT2D eigenvalue weighted by Gasteiger charge is -2.16. The molecule has 7 nitrogen and oxygen atoms in total. The molecule has 0 saturated carbocycles. The van der Waals surface area contributed by atoms with Crippen LogP contribution in [0.15, 0.2) is 18.6 Å². The Morgan fingerprint density at radius 3 is 2.91 bits per heavy atom. The summed E-state index contributed by atoms with van der Waals surface area (Å²) in [5.74, 6) is -0.383. The lowest BCUT2D eigenvalue weighted by Crippen LogP contribution is -2.30. The van der Waals surface area contributed by atoms with Crippen molar-refractivity contribution >= 4 is 23.2 Å². The molecule has 0 spiro atoms. The molecule has 116 valence electrons. The van der Waals surface area contributed by atoms with Gasteiger partial charge >= 0.3 is 0 Å². The molecule has 0 aromatic carbocycles. The Kier molecular flexibility index (Phi) is 3.93. The zero-order chi connectivity index (χ0) is 15.7. The number of hydrogen-bond donors (Lipinski definition) is 1. The second-order valence-electron chi connectivity index (χ2n) is 5.38. The lowest BCUT2D eigenvalue weighted by molar-refractivity contribution is -0.129. The van der Waals surface area contributed by atoms with Gasteiger partial charge in [0, 0.05) is 30.4 Å². The maximum Gasteiger partial charge on any atom is 0.251 e. The van der Waals surface area contributed by atoms with Gasteiger partial charge in [0.15, 0.2) is 0 Å². The molecule has 8 heteroatoms. The van der Waals surface area contributed by atoms with Gasteiger partial charge in [-0.2, -0.15) is 5.10 Å². The maximum atomic E-state index is 12.3. The number of nitrogens with two attached hydrogens (primary N) is 1. The molecule has 1 fully saturated rings. The third-order valence-corrected chi connectivity index (χ3v) is 4.68. The van der Waals surface area contributed by atoms with E-state index in [-0.39, 0.29) is 11.9 Å². The third-order valence-electron chi connectivity index (χ3n) is 3.77. The van der Waals surface area contributed by atoms with Crippen LogP contribution >= 0.6 is 11.3 Å². The Morgan fingerprint density at radius 2 is 2.27 bits per heavy atom. The number of carbonyl (C=O) groups excluding carboxylic acids is 2. The highest BCUT2D eigenvalue weighted by Gasteiger charge is 2.28. The second-order valence-corrected chi connectivity index (χ2v) is 6.70. The number of amides is 2. The minimum atomic E-state index is -0.488. The fraction of sp³-hybridized carbons (Fsp3) is 0.429. The van der Waals surface area contributed by atoms with Gasteiger partial charge in [0.1, 0.15) is 0 Å². The van der Waals surface area contributed by atoms with Crippen LogP contribution in [0, 0.1) is 6.92 Å². The highest BCUT2D eigenvalue weighted by atomic mass is 32.1. The van der Waals surface area contributed by atoms with E-state index in [0.29, 0.717) is 25.1 Å². The fourth-order valence-electron chi connectivity index (χ4n) is 2.60. The van der Waals surface area contributed by atoms with Crippen molar-refractivity contribution in [1.29, 1.82) is 0 Å². The highest BCUT2D eigenvalue weighted by molar-refractivity contribution is 7.11. The molecule has 0 bridgehead atoms. The van der Waals surface area contributed by atoms with Crippen molar-refractivity contribution in [3.05, 3.63) is 34.0 Å². The summed E-state index contributed by atoms with van der Waals surface area (Å²) in [6.45, 7) is 3.24. The SMILES string of the molecule is Cc1ncc(CC(=O)N2CCC(n3cc(C(N)=O)cn3)C2)s1. The average Bonchev–Trinajstić information content (AvgIpc) is 3.17. The topological polar surface area (TPSA) is 94.1 Å². The van der Waals surface area contributed by atoms with Crippen molar-refractivity contribution in [2.24, 2.45) is 5.73 Å². The number of likely N-dealkylation sites (tertiary alicyclic amines) is 1. The number of carbonyl (C=O) groups is 2. The molecule has 0 radical (unpaired) electrons. The van der Waals surface area contributed by atoms with E-state index < -0.39 is 5.91 Å². The van der Waals surface area contributed by atoms with Crippen LogP contribution < -0.4 is 5.73 Å². The quantitative estimate of drug-likeness (QED) is 0.900. The summed E-state index contributed by atoms with van der Waals surface area (Å²) >= 11 is 1.55. The van der Waals surface area contributed by atoms with Crippen LogP contribution in [0.3, 0.4) is 0 Å². The van der Waals surface area contributed by atoms with Crippen molar-refractivity contribution in [2.75, 3.05) is 13.1 Å². The number of hydrogen-bond acceptors (Lipinski definition) is 5. The summed E-state index contributed by atoms with van der Waals surface area (Å²) in [5, 5.41) is 5.14. The van der Waals surface area contributed by atoms with Gasteiger partial charge in [-0.05, 0) is 13.3 Å². The molecule has 1 unspecified atom stereocenters. The lowest BCUT2D eigenvalue weighted by atomic mass is 10.2. The van der Waals surface area contributed by atoms with Crippen LogP contribution in [0.5, 0.6) is 0 Å². The van der Waals surface area contributed by atoms with Gasteiger partial charge in [0.2, 0.25) is 5.91 Å². The minimum absolute atomic E-state index is 0.0975. The first-order chi connectivity index (χ1) is 10.5. The summed E-state index contributed by atoms with van der Waals surface area (Å²) in [6, 6.07) is 0.0975. The Bertz CT molecular complexity index is 708. The highest BCUT2D eigenvalue weighted by Crippen LogP contribution is 2.23.